The largest absolute Gasteiger partial charge is 0.475 e. The molecular weight excluding hydrogens is 234 g/mol. The molecule has 2 aromatic rings. The van der Waals surface area contributed by atoms with Crippen LogP contribution >= 0.6 is 0 Å². The number of benzene rings is 1. The lowest BCUT2D eigenvalue weighted by molar-refractivity contribution is 0.0678. The Hall–Kier alpha value is -2.37. The van der Waals surface area contributed by atoms with Crippen LogP contribution in [-0.4, -0.2) is 25.4 Å². The fraction of sp³-hybridized carbons (Fsp3) is 0.250. The molecule has 0 atom stereocenters. The number of nitrogens with zero attached hydrogens (tertiary/aromatic N) is 3. The summed E-state index contributed by atoms with van der Waals surface area (Å²) in [4.78, 5) is 22.8. The average molecular weight is 247 g/mol. The molecular formula is C12H13N3O3. The number of carbonyl (C=O) groups is 1. The zero-order valence-corrected chi connectivity index (χ0v) is 10.3. The van der Waals surface area contributed by atoms with Gasteiger partial charge in [-0.25, -0.2) is 9.59 Å². The van der Waals surface area contributed by atoms with Crippen molar-refractivity contribution in [3.8, 4) is 5.69 Å². The van der Waals surface area contributed by atoms with Crippen LogP contribution in [-0.2, 0) is 7.05 Å². The van der Waals surface area contributed by atoms with Crippen molar-refractivity contribution in [1.82, 2.24) is 14.3 Å². The Bertz CT molecular complexity index is 682. The first-order valence-corrected chi connectivity index (χ1v) is 5.39. The van der Waals surface area contributed by atoms with Crippen molar-refractivity contribution in [2.45, 2.75) is 13.8 Å². The first-order chi connectivity index (χ1) is 8.41. The molecule has 0 aliphatic rings. The van der Waals surface area contributed by atoms with E-state index in [1.54, 1.807) is 12.1 Å². The summed E-state index contributed by atoms with van der Waals surface area (Å²) in [5, 5.41) is 12.7. The quantitative estimate of drug-likeness (QED) is 0.854. The van der Waals surface area contributed by atoms with Crippen LogP contribution in [0.2, 0.25) is 0 Å². The Morgan fingerprint density at radius 3 is 2.44 bits per heavy atom. The van der Waals surface area contributed by atoms with Crippen molar-refractivity contribution in [1.29, 1.82) is 0 Å². The summed E-state index contributed by atoms with van der Waals surface area (Å²) in [5.74, 6) is -1.50. The maximum Gasteiger partial charge on any atom is 0.374 e. The van der Waals surface area contributed by atoms with Gasteiger partial charge in [-0.1, -0.05) is 6.07 Å². The van der Waals surface area contributed by atoms with Crippen molar-refractivity contribution in [2.75, 3.05) is 0 Å². The second-order valence-corrected chi connectivity index (χ2v) is 4.15. The summed E-state index contributed by atoms with van der Waals surface area (Å²) in [5.41, 5.74) is 2.20. The van der Waals surface area contributed by atoms with E-state index in [-0.39, 0.29) is 5.82 Å². The highest BCUT2D eigenvalue weighted by molar-refractivity contribution is 5.83. The predicted octanol–water partition coefficient (Wildman–Crippen LogP) is 0.886. The van der Waals surface area contributed by atoms with E-state index in [1.807, 2.05) is 19.9 Å². The van der Waals surface area contributed by atoms with Gasteiger partial charge in [0.05, 0.1) is 5.69 Å². The second kappa shape index (κ2) is 4.14. The molecule has 18 heavy (non-hydrogen) atoms. The fourth-order valence-electron chi connectivity index (χ4n) is 1.65. The van der Waals surface area contributed by atoms with Crippen LogP contribution in [0.3, 0.4) is 0 Å². The molecule has 0 spiro atoms. The summed E-state index contributed by atoms with van der Waals surface area (Å²) in [7, 11) is 1.39. The zero-order valence-electron chi connectivity index (χ0n) is 10.3. The Labute approximate surface area is 103 Å². The topological polar surface area (TPSA) is 77.1 Å². The minimum absolute atomic E-state index is 0.279. The Morgan fingerprint density at radius 1 is 1.28 bits per heavy atom. The molecule has 1 N–H and O–H groups in total. The molecule has 0 fully saturated rings. The minimum atomic E-state index is -1.22. The molecule has 2 rings (SSSR count). The van der Waals surface area contributed by atoms with Gasteiger partial charge in [0.15, 0.2) is 0 Å². The summed E-state index contributed by atoms with van der Waals surface area (Å²) in [6.45, 7) is 3.88. The lowest BCUT2D eigenvalue weighted by atomic mass is 10.1. The number of hydrogen-bond donors (Lipinski definition) is 1. The first-order valence-electron chi connectivity index (χ1n) is 5.39. The summed E-state index contributed by atoms with van der Waals surface area (Å²) in [6, 6.07) is 5.41. The van der Waals surface area contributed by atoms with E-state index in [0.717, 1.165) is 20.4 Å². The molecule has 0 saturated carbocycles. The van der Waals surface area contributed by atoms with Crippen molar-refractivity contribution >= 4 is 5.97 Å². The molecule has 1 aromatic heterocycles. The van der Waals surface area contributed by atoms with Crippen LogP contribution in [0.25, 0.3) is 5.69 Å². The van der Waals surface area contributed by atoms with E-state index >= 15 is 0 Å². The first kappa shape index (κ1) is 12.1. The van der Waals surface area contributed by atoms with E-state index in [4.69, 9.17) is 5.11 Å². The van der Waals surface area contributed by atoms with E-state index in [0.29, 0.717) is 5.69 Å². The van der Waals surface area contributed by atoms with Crippen LogP contribution in [0.5, 0.6) is 0 Å². The third-order valence-corrected chi connectivity index (χ3v) is 2.91. The van der Waals surface area contributed by atoms with E-state index in [9.17, 15) is 9.59 Å². The fourth-order valence-corrected chi connectivity index (χ4v) is 1.65. The normalized spacial score (nSPS) is 10.6. The summed E-state index contributed by atoms with van der Waals surface area (Å²) in [6.07, 6.45) is 0. The van der Waals surface area contributed by atoms with E-state index in [1.165, 1.54) is 7.05 Å². The highest BCUT2D eigenvalue weighted by Crippen LogP contribution is 2.12. The third-order valence-electron chi connectivity index (χ3n) is 2.91. The number of aromatic nitrogens is 3. The molecule has 0 bridgehead atoms. The van der Waals surface area contributed by atoms with Crippen LogP contribution in [0, 0.1) is 13.8 Å². The molecule has 0 unspecified atom stereocenters. The number of rotatable bonds is 2. The molecule has 6 heteroatoms. The van der Waals surface area contributed by atoms with Gasteiger partial charge in [-0.05, 0) is 37.1 Å². The van der Waals surface area contributed by atoms with Crippen molar-refractivity contribution in [3.05, 3.63) is 45.6 Å². The highest BCUT2D eigenvalue weighted by Gasteiger charge is 2.17. The smallest absolute Gasteiger partial charge is 0.374 e. The predicted molar refractivity (Wildman–Crippen MR) is 65.2 cm³/mol. The van der Waals surface area contributed by atoms with Gasteiger partial charge in [0.2, 0.25) is 5.82 Å². The van der Waals surface area contributed by atoms with Gasteiger partial charge in [-0.2, -0.15) is 4.68 Å². The number of carboxylic acid groups (broad SMARTS) is 1. The molecule has 0 aliphatic carbocycles. The summed E-state index contributed by atoms with van der Waals surface area (Å²) >= 11 is 0. The molecule has 1 heterocycles. The van der Waals surface area contributed by atoms with Crippen molar-refractivity contribution in [2.24, 2.45) is 7.05 Å². The molecule has 94 valence electrons. The minimum Gasteiger partial charge on any atom is -0.475 e. The SMILES string of the molecule is Cc1ccc(-n2nc(C(=O)O)n(C)c2=O)cc1C. The van der Waals surface area contributed by atoms with Crippen LogP contribution in [0.1, 0.15) is 21.7 Å². The van der Waals surface area contributed by atoms with Gasteiger partial charge in [0.1, 0.15) is 0 Å². The van der Waals surface area contributed by atoms with Crippen LogP contribution in [0.15, 0.2) is 23.0 Å². The third kappa shape index (κ3) is 1.81. The van der Waals surface area contributed by atoms with E-state index < -0.39 is 11.7 Å². The second-order valence-electron chi connectivity index (χ2n) is 4.15. The maximum absolute atomic E-state index is 11.9. The van der Waals surface area contributed by atoms with Crippen LogP contribution < -0.4 is 5.69 Å². The monoisotopic (exact) mass is 247 g/mol. The number of aryl methyl sites for hydroxylation is 2. The molecule has 0 saturated heterocycles. The number of aromatic carboxylic acids is 1. The van der Waals surface area contributed by atoms with Gasteiger partial charge in [-0.3, -0.25) is 4.57 Å². The molecule has 0 radical (unpaired) electrons. The number of hydrogen-bond acceptors (Lipinski definition) is 3. The highest BCUT2D eigenvalue weighted by atomic mass is 16.4. The van der Waals surface area contributed by atoms with Crippen molar-refractivity contribution in [3.63, 3.8) is 0 Å². The standard InChI is InChI=1S/C12H13N3O3/c1-7-4-5-9(6-8(7)2)15-12(18)14(3)10(13-15)11(16)17/h4-6H,1-3H3,(H,16,17). The average Bonchev–Trinajstić information content (AvgIpc) is 2.60. The summed E-state index contributed by atoms with van der Waals surface area (Å²) < 4.78 is 2.10. The lowest BCUT2D eigenvalue weighted by Gasteiger charge is -2.03. The molecule has 0 aliphatic heterocycles. The molecule has 1 aromatic carbocycles. The van der Waals surface area contributed by atoms with Crippen molar-refractivity contribution < 1.29 is 9.90 Å². The lowest BCUT2D eigenvalue weighted by Crippen LogP contribution is -2.22. The molecule has 0 amide bonds. The van der Waals surface area contributed by atoms with Gasteiger partial charge < -0.3 is 5.11 Å². The van der Waals surface area contributed by atoms with Gasteiger partial charge in [-0.15, -0.1) is 5.10 Å². The van der Waals surface area contributed by atoms with E-state index in [2.05, 4.69) is 5.10 Å². The van der Waals surface area contributed by atoms with Gasteiger partial charge in [0.25, 0.3) is 0 Å². The maximum atomic E-state index is 11.9. The Kier molecular flexibility index (Phi) is 2.78. The number of carboxylic acids is 1. The Balaban J connectivity index is 2.65. The Morgan fingerprint density at radius 2 is 1.94 bits per heavy atom. The van der Waals surface area contributed by atoms with Gasteiger partial charge in [0, 0.05) is 7.05 Å². The van der Waals surface area contributed by atoms with Gasteiger partial charge >= 0.3 is 11.7 Å². The van der Waals surface area contributed by atoms with Crippen LogP contribution in [0.4, 0.5) is 0 Å². The zero-order chi connectivity index (χ0) is 13.4. The molecule has 6 nitrogen and oxygen atoms in total.